The van der Waals surface area contributed by atoms with Gasteiger partial charge in [-0.3, -0.25) is 4.79 Å². The lowest BCUT2D eigenvalue weighted by molar-refractivity contribution is 0.0666. The van der Waals surface area contributed by atoms with Crippen LogP contribution in [-0.2, 0) is 6.54 Å². The molecule has 32 heavy (non-hydrogen) atoms. The first-order chi connectivity index (χ1) is 15.5. The van der Waals surface area contributed by atoms with Crippen LogP contribution in [0.5, 0.6) is 0 Å². The number of nitriles is 1. The number of aromatic nitrogens is 3. The molecule has 2 aromatic heterocycles. The highest BCUT2D eigenvalue weighted by Crippen LogP contribution is 2.25. The van der Waals surface area contributed by atoms with Crippen LogP contribution in [0.2, 0.25) is 0 Å². The van der Waals surface area contributed by atoms with E-state index in [4.69, 9.17) is 11.0 Å². The second-order valence-corrected chi connectivity index (χ2v) is 7.62. The average Bonchev–Trinajstić information content (AvgIpc) is 2.83. The third-order valence-corrected chi connectivity index (χ3v) is 5.42. The molecule has 0 aliphatic carbocycles. The first-order valence-corrected chi connectivity index (χ1v) is 10.2. The summed E-state index contributed by atoms with van der Waals surface area (Å²) in [6, 6.07) is 18.0. The Morgan fingerprint density at radius 1 is 1.12 bits per heavy atom. The standard InChI is InChI=1S/C25H22N6O/c1-16-12-21-13-20(8-9-22(21)30-23(16)27)25(32)31(17(2)24-28-10-3-11-29-24)15-19-6-4-18(14-26)5-7-19/h3-13,17H,15H2,1-2H3,(H2,27,30). The Kier molecular flexibility index (Phi) is 5.77. The number of nitrogens with zero attached hydrogens (tertiary/aromatic N) is 5. The number of hydrogen-bond donors (Lipinski definition) is 1. The van der Waals surface area contributed by atoms with Gasteiger partial charge in [-0.1, -0.05) is 12.1 Å². The zero-order valence-corrected chi connectivity index (χ0v) is 17.9. The van der Waals surface area contributed by atoms with Crippen molar-refractivity contribution in [1.82, 2.24) is 19.9 Å². The minimum atomic E-state index is -0.360. The van der Waals surface area contributed by atoms with Crippen molar-refractivity contribution in [1.29, 1.82) is 5.26 Å². The van der Waals surface area contributed by atoms with Crippen LogP contribution in [0.1, 0.15) is 45.8 Å². The summed E-state index contributed by atoms with van der Waals surface area (Å²) in [5.41, 5.74) is 9.55. The average molecular weight is 422 g/mol. The molecule has 158 valence electrons. The van der Waals surface area contributed by atoms with E-state index in [9.17, 15) is 4.79 Å². The normalized spacial score (nSPS) is 11.7. The molecule has 4 aromatic rings. The number of amides is 1. The number of hydrogen-bond acceptors (Lipinski definition) is 6. The lowest BCUT2D eigenvalue weighted by Gasteiger charge is -2.28. The molecule has 2 aromatic carbocycles. The summed E-state index contributed by atoms with van der Waals surface area (Å²) < 4.78 is 0. The Bertz CT molecular complexity index is 1310. The van der Waals surface area contributed by atoms with Crippen molar-refractivity contribution in [3.63, 3.8) is 0 Å². The number of fused-ring (bicyclic) bond motifs is 1. The summed E-state index contributed by atoms with van der Waals surface area (Å²) in [4.78, 5) is 28.5. The summed E-state index contributed by atoms with van der Waals surface area (Å²) in [5.74, 6) is 0.889. The van der Waals surface area contributed by atoms with E-state index in [0.717, 1.165) is 22.0 Å². The van der Waals surface area contributed by atoms with Crippen molar-refractivity contribution in [3.8, 4) is 6.07 Å². The predicted molar refractivity (Wildman–Crippen MR) is 122 cm³/mol. The molecule has 0 saturated carbocycles. The second-order valence-electron chi connectivity index (χ2n) is 7.62. The number of nitrogen functional groups attached to an aromatic ring is 1. The Hall–Kier alpha value is -4.31. The van der Waals surface area contributed by atoms with Gasteiger partial charge in [0.1, 0.15) is 11.6 Å². The van der Waals surface area contributed by atoms with E-state index in [1.165, 1.54) is 0 Å². The van der Waals surface area contributed by atoms with E-state index in [-0.39, 0.29) is 11.9 Å². The summed E-state index contributed by atoms with van der Waals surface area (Å²) in [6.45, 7) is 4.15. The summed E-state index contributed by atoms with van der Waals surface area (Å²) in [6.07, 6.45) is 3.33. The van der Waals surface area contributed by atoms with E-state index < -0.39 is 0 Å². The molecule has 1 atom stereocenters. The number of aryl methyl sites for hydroxylation is 1. The Morgan fingerprint density at radius 2 is 1.84 bits per heavy atom. The first kappa shape index (κ1) is 20.9. The van der Waals surface area contributed by atoms with Gasteiger partial charge in [0.2, 0.25) is 0 Å². The van der Waals surface area contributed by atoms with Crippen LogP contribution < -0.4 is 5.73 Å². The van der Waals surface area contributed by atoms with Gasteiger partial charge in [0.25, 0.3) is 5.91 Å². The molecule has 0 saturated heterocycles. The zero-order valence-electron chi connectivity index (χ0n) is 17.9. The van der Waals surface area contributed by atoms with Crippen molar-refractivity contribution < 1.29 is 4.79 Å². The number of anilines is 1. The second kappa shape index (κ2) is 8.82. The molecule has 7 heteroatoms. The molecule has 0 aliphatic heterocycles. The van der Waals surface area contributed by atoms with E-state index in [1.807, 2.05) is 44.2 Å². The molecule has 2 N–H and O–H groups in total. The molecule has 0 aliphatic rings. The van der Waals surface area contributed by atoms with Gasteiger partial charge in [0, 0.05) is 29.9 Å². The maximum Gasteiger partial charge on any atom is 0.254 e. The van der Waals surface area contributed by atoms with Gasteiger partial charge < -0.3 is 10.6 Å². The fourth-order valence-corrected chi connectivity index (χ4v) is 3.53. The van der Waals surface area contributed by atoms with Gasteiger partial charge in [0.15, 0.2) is 0 Å². The van der Waals surface area contributed by atoms with Gasteiger partial charge in [-0.15, -0.1) is 0 Å². The topological polar surface area (TPSA) is 109 Å². The summed E-state index contributed by atoms with van der Waals surface area (Å²) in [5, 5.41) is 9.91. The van der Waals surface area contributed by atoms with Crippen molar-refractivity contribution >= 4 is 22.6 Å². The van der Waals surface area contributed by atoms with Gasteiger partial charge in [-0.05, 0) is 67.4 Å². The number of rotatable bonds is 5. The van der Waals surface area contributed by atoms with Crippen molar-refractivity contribution in [3.05, 3.63) is 95.1 Å². The van der Waals surface area contributed by atoms with Gasteiger partial charge in [-0.25, -0.2) is 15.0 Å². The van der Waals surface area contributed by atoms with E-state index in [2.05, 4.69) is 21.0 Å². The molecule has 1 unspecified atom stereocenters. The minimum Gasteiger partial charge on any atom is -0.383 e. The fourth-order valence-electron chi connectivity index (χ4n) is 3.53. The largest absolute Gasteiger partial charge is 0.383 e. The lowest BCUT2D eigenvalue weighted by atomic mass is 10.1. The summed E-state index contributed by atoms with van der Waals surface area (Å²) >= 11 is 0. The van der Waals surface area contributed by atoms with Crippen molar-refractivity contribution in [2.45, 2.75) is 26.4 Å². The molecule has 0 bridgehead atoms. The molecule has 7 nitrogen and oxygen atoms in total. The number of pyridine rings is 1. The third-order valence-electron chi connectivity index (χ3n) is 5.42. The highest BCUT2D eigenvalue weighted by atomic mass is 16.2. The van der Waals surface area contributed by atoms with Gasteiger partial charge in [0.05, 0.1) is 23.2 Å². The Balaban J connectivity index is 1.72. The Morgan fingerprint density at radius 3 is 2.53 bits per heavy atom. The molecule has 4 rings (SSSR count). The monoisotopic (exact) mass is 422 g/mol. The van der Waals surface area contributed by atoms with Crippen LogP contribution in [0.4, 0.5) is 5.82 Å². The maximum absolute atomic E-state index is 13.7. The molecule has 2 heterocycles. The minimum absolute atomic E-state index is 0.148. The van der Waals surface area contributed by atoms with E-state index >= 15 is 0 Å². The highest BCUT2D eigenvalue weighted by Gasteiger charge is 2.25. The van der Waals surface area contributed by atoms with Crippen LogP contribution in [0.15, 0.2) is 67.0 Å². The smallest absolute Gasteiger partial charge is 0.254 e. The molecular weight excluding hydrogens is 400 g/mol. The van der Waals surface area contributed by atoms with E-state index in [0.29, 0.717) is 29.3 Å². The van der Waals surface area contributed by atoms with Crippen LogP contribution in [0, 0.1) is 18.3 Å². The SMILES string of the molecule is Cc1cc2cc(C(=O)N(Cc3ccc(C#N)cc3)C(C)c3ncccn3)ccc2nc1N. The van der Waals surface area contributed by atoms with Crippen LogP contribution >= 0.6 is 0 Å². The molecule has 0 radical (unpaired) electrons. The molecular formula is C25H22N6O. The zero-order chi connectivity index (χ0) is 22.7. The fraction of sp³-hybridized carbons (Fsp3) is 0.160. The van der Waals surface area contributed by atoms with Gasteiger partial charge in [-0.2, -0.15) is 5.26 Å². The highest BCUT2D eigenvalue weighted by molar-refractivity contribution is 5.98. The van der Waals surface area contributed by atoms with Crippen LogP contribution in [-0.4, -0.2) is 25.8 Å². The molecule has 1 amide bonds. The number of nitrogens with two attached hydrogens (primary N) is 1. The Labute approximate surface area is 186 Å². The predicted octanol–water partition coefficient (Wildman–Crippen LogP) is 4.19. The van der Waals surface area contributed by atoms with Crippen LogP contribution in [0.3, 0.4) is 0 Å². The molecule has 0 fully saturated rings. The third kappa shape index (κ3) is 4.25. The maximum atomic E-state index is 13.7. The van der Waals surface area contributed by atoms with Crippen LogP contribution in [0.25, 0.3) is 10.9 Å². The van der Waals surface area contributed by atoms with Gasteiger partial charge >= 0.3 is 0 Å². The van der Waals surface area contributed by atoms with E-state index in [1.54, 1.807) is 41.6 Å². The molecule has 0 spiro atoms. The number of carbonyl (C=O) groups excluding carboxylic acids is 1. The number of carbonyl (C=O) groups is 1. The van der Waals surface area contributed by atoms with Crippen molar-refractivity contribution in [2.24, 2.45) is 0 Å². The lowest BCUT2D eigenvalue weighted by Crippen LogP contribution is -2.34. The first-order valence-electron chi connectivity index (χ1n) is 10.2. The number of benzene rings is 2. The van der Waals surface area contributed by atoms with Crippen molar-refractivity contribution in [2.75, 3.05) is 5.73 Å². The quantitative estimate of drug-likeness (QED) is 0.516. The summed E-state index contributed by atoms with van der Waals surface area (Å²) in [7, 11) is 0.